The predicted octanol–water partition coefficient (Wildman–Crippen LogP) is 3.79. The molecule has 0 radical (unpaired) electrons. The van der Waals surface area contributed by atoms with Gasteiger partial charge in [0.25, 0.3) is 0 Å². The summed E-state index contributed by atoms with van der Waals surface area (Å²) in [7, 11) is 2.02. The molecule has 5 heteroatoms. The van der Waals surface area contributed by atoms with E-state index < -0.39 is 0 Å². The Bertz CT molecular complexity index is 533. The highest BCUT2D eigenvalue weighted by Gasteiger charge is 2.15. The van der Waals surface area contributed by atoms with Gasteiger partial charge in [-0.25, -0.2) is 0 Å². The van der Waals surface area contributed by atoms with Crippen LogP contribution in [-0.4, -0.2) is 16.8 Å². The highest BCUT2D eigenvalue weighted by molar-refractivity contribution is 9.11. The van der Waals surface area contributed by atoms with Crippen molar-refractivity contribution in [3.8, 4) is 0 Å². The predicted molar refractivity (Wildman–Crippen MR) is 84.8 cm³/mol. The summed E-state index contributed by atoms with van der Waals surface area (Å²) in [6.45, 7) is 5.22. The van der Waals surface area contributed by atoms with Crippen LogP contribution in [0.25, 0.3) is 0 Å². The van der Waals surface area contributed by atoms with E-state index in [9.17, 15) is 0 Å². The molecule has 0 bridgehead atoms. The van der Waals surface area contributed by atoms with Crippen molar-refractivity contribution in [2.45, 2.75) is 39.3 Å². The second-order valence-electron chi connectivity index (χ2n) is 4.53. The third kappa shape index (κ3) is 3.46. The maximum Gasteiger partial charge on any atom is 0.0701 e. The van der Waals surface area contributed by atoms with E-state index >= 15 is 0 Å². The van der Waals surface area contributed by atoms with Crippen LogP contribution in [0.4, 0.5) is 0 Å². The molecule has 2 aromatic rings. The molecule has 2 aromatic heterocycles. The Morgan fingerprint density at radius 3 is 2.74 bits per heavy atom. The molecule has 1 unspecified atom stereocenters. The number of thiophene rings is 1. The molecule has 0 saturated carbocycles. The summed E-state index contributed by atoms with van der Waals surface area (Å²) in [4.78, 5) is 0. The number of hydrogen-bond donors (Lipinski definition) is 1. The van der Waals surface area contributed by atoms with Crippen LogP contribution in [-0.2, 0) is 19.4 Å². The minimum Gasteiger partial charge on any atom is -0.313 e. The lowest BCUT2D eigenvalue weighted by molar-refractivity contribution is 0.541. The van der Waals surface area contributed by atoms with Gasteiger partial charge in [-0.15, -0.1) is 11.3 Å². The molecule has 0 aliphatic carbocycles. The van der Waals surface area contributed by atoms with Crippen molar-refractivity contribution in [3.05, 3.63) is 38.3 Å². The molecule has 0 spiro atoms. The monoisotopic (exact) mass is 341 g/mol. The SMILES string of the molecule is CCc1cc(CC(NC)c2csc(Br)c2)n(CC)n1. The number of aromatic nitrogens is 2. The fourth-order valence-electron chi connectivity index (χ4n) is 2.23. The minimum absolute atomic E-state index is 0.342. The Morgan fingerprint density at radius 2 is 2.21 bits per heavy atom. The number of nitrogens with zero attached hydrogens (tertiary/aromatic N) is 2. The molecule has 0 saturated heterocycles. The van der Waals surface area contributed by atoms with E-state index in [1.165, 1.54) is 20.7 Å². The molecule has 2 rings (SSSR count). The second-order valence-corrected chi connectivity index (χ2v) is 6.82. The van der Waals surface area contributed by atoms with Gasteiger partial charge < -0.3 is 5.32 Å². The Kier molecular flexibility index (Phi) is 5.19. The van der Waals surface area contributed by atoms with E-state index in [2.05, 4.69) is 62.4 Å². The molecule has 0 fully saturated rings. The maximum absolute atomic E-state index is 4.62. The Morgan fingerprint density at radius 1 is 1.42 bits per heavy atom. The van der Waals surface area contributed by atoms with Crippen molar-refractivity contribution in [1.29, 1.82) is 0 Å². The third-order valence-electron chi connectivity index (χ3n) is 3.33. The zero-order valence-corrected chi connectivity index (χ0v) is 14.0. The average molecular weight is 342 g/mol. The molecule has 1 atom stereocenters. The summed E-state index contributed by atoms with van der Waals surface area (Å²) >= 11 is 5.26. The number of rotatable bonds is 6. The third-order valence-corrected chi connectivity index (χ3v) is 4.85. The summed E-state index contributed by atoms with van der Waals surface area (Å²) in [5.41, 5.74) is 3.82. The van der Waals surface area contributed by atoms with Crippen LogP contribution in [0, 0.1) is 0 Å². The van der Waals surface area contributed by atoms with Crippen LogP contribution in [0.2, 0.25) is 0 Å². The van der Waals surface area contributed by atoms with Gasteiger partial charge in [-0.1, -0.05) is 6.92 Å². The number of aryl methyl sites for hydroxylation is 2. The first kappa shape index (κ1) is 14.8. The minimum atomic E-state index is 0.342. The van der Waals surface area contributed by atoms with Crippen LogP contribution >= 0.6 is 27.3 Å². The summed E-state index contributed by atoms with van der Waals surface area (Å²) in [6.07, 6.45) is 1.97. The number of likely N-dealkylation sites (N-methyl/N-ethyl adjacent to an activating group) is 1. The number of nitrogens with one attached hydrogen (secondary N) is 1. The molecular formula is C14H20BrN3S. The zero-order chi connectivity index (χ0) is 13.8. The van der Waals surface area contributed by atoms with E-state index in [4.69, 9.17) is 0 Å². The van der Waals surface area contributed by atoms with Crippen LogP contribution < -0.4 is 5.32 Å². The highest BCUT2D eigenvalue weighted by atomic mass is 79.9. The summed E-state index contributed by atoms with van der Waals surface area (Å²) in [6, 6.07) is 4.77. The molecule has 104 valence electrons. The maximum atomic E-state index is 4.62. The number of hydrogen-bond acceptors (Lipinski definition) is 3. The molecule has 1 N–H and O–H groups in total. The van der Waals surface area contributed by atoms with Gasteiger partial charge in [-0.3, -0.25) is 4.68 Å². The van der Waals surface area contributed by atoms with Crippen LogP contribution in [0.15, 0.2) is 21.3 Å². The topological polar surface area (TPSA) is 29.9 Å². The van der Waals surface area contributed by atoms with Crippen LogP contribution in [0.5, 0.6) is 0 Å². The lowest BCUT2D eigenvalue weighted by atomic mass is 10.1. The summed E-state index contributed by atoms with van der Waals surface area (Å²) in [5.74, 6) is 0. The molecular weight excluding hydrogens is 322 g/mol. The largest absolute Gasteiger partial charge is 0.313 e. The zero-order valence-electron chi connectivity index (χ0n) is 11.6. The van der Waals surface area contributed by atoms with Crippen molar-refractivity contribution < 1.29 is 0 Å². The van der Waals surface area contributed by atoms with Crippen molar-refractivity contribution in [2.75, 3.05) is 7.05 Å². The first-order valence-electron chi connectivity index (χ1n) is 6.64. The fourth-order valence-corrected chi connectivity index (χ4v) is 3.46. The van der Waals surface area contributed by atoms with Gasteiger partial charge in [-0.05, 0) is 59.4 Å². The molecule has 0 aliphatic rings. The molecule has 3 nitrogen and oxygen atoms in total. The van der Waals surface area contributed by atoms with Gasteiger partial charge in [0.15, 0.2) is 0 Å². The lowest BCUT2D eigenvalue weighted by Crippen LogP contribution is -2.20. The van der Waals surface area contributed by atoms with Crippen LogP contribution in [0.3, 0.4) is 0 Å². The van der Waals surface area contributed by atoms with Crippen molar-refractivity contribution in [2.24, 2.45) is 0 Å². The van der Waals surface area contributed by atoms with Gasteiger partial charge in [0.2, 0.25) is 0 Å². The van der Waals surface area contributed by atoms with E-state index in [1.807, 2.05) is 7.05 Å². The van der Waals surface area contributed by atoms with Gasteiger partial charge in [0, 0.05) is 24.7 Å². The normalized spacial score (nSPS) is 12.8. The molecule has 2 heterocycles. The van der Waals surface area contributed by atoms with Crippen molar-refractivity contribution in [1.82, 2.24) is 15.1 Å². The fraction of sp³-hybridized carbons (Fsp3) is 0.500. The first-order chi connectivity index (χ1) is 9.17. The van der Waals surface area contributed by atoms with Crippen LogP contribution in [0.1, 0.15) is 36.8 Å². The average Bonchev–Trinajstić information content (AvgIpc) is 3.01. The van der Waals surface area contributed by atoms with E-state index in [0.29, 0.717) is 6.04 Å². The Balaban J connectivity index is 2.20. The molecule has 0 aliphatic heterocycles. The quantitative estimate of drug-likeness (QED) is 0.866. The standard InChI is InChI=1S/C14H20BrN3S/c1-4-11-7-12(18(5-2)17-11)8-13(16-3)10-6-14(15)19-9-10/h6-7,9,13,16H,4-5,8H2,1-3H3. The lowest BCUT2D eigenvalue weighted by Gasteiger charge is -2.15. The second kappa shape index (κ2) is 6.68. The molecule has 19 heavy (non-hydrogen) atoms. The Hall–Kier alpha value is -0.650. The Labute approximate surface area is 127 Å². The van der Waals surface area contributed by atoms with E-state index in [1.54, 1.807) is 11.3 Å². The first-order valence-corrected chi connectivity index (χ1v) is 8.32. The van der Waals surface area contributed by atoms with Crippen molar-refractivity contribution in [3.63, 3.8) is 0 Å². The summed E-state index contributed by atoms with van der Waals surface area (Å²) < 4.78 is 3.30. The van der Waals surface area contributed by atoms with Gasteiger partial charge in [0.05, 0.1) is 9.48 Å². The number of halogens is 1. The van der Waals surface area contributed by atoms with Gasteiger partial charge in [0.1, 0.15) is 0 Å². The van der Waals surface area contributed by atoms with Gasteiger partial charge in [-0.2, -0.15) is 5.10 Å². The van der Waals surface area contributed by atoms with E-state index in [-0.39, 0.29) is 0 Å². The van der Waals surface area contributed by atoms with E-state index in [0.717, 1.165) is 19.4 Å². The molecule has 0 aromatic carbocycles. The summed E-state index contributed by atoms with van der Waals surface area (Å²) in [5, 5.41) is 10.2. The van der Waals surface area contributed by atoms with Gasteiger partial charge >= 0.3 is 0 Å². The molecule has 0 amide bonds. The smallest absolute Gasteiger partial charge is 0.0701 e. The van der Waals surface area contributed by atoms with Crippen molar-refractivity contribution >= 4 is 27.3 Å². The highest BCUT2D eigenvalue weighted by Crippen LogP contribution is 2.27.